The van der Waals surface area contributed by atoms with E-state index in [1.807, 2.05) is 13.1 Å². The van der Waals surface area contributed by atoms with Gasteiger partial charge >= 0.3 is 0 Å². The van der Waals surface area contributed by atoms with Crippen LogP contribution in [0, 0.1) is 0 Å². The predicted molar refractivity (Wildman–Crippen MR) is 70.9 cm³/mol. The van der Waals surface area contributed by atoms with Crippen molar-refractivity contribution >= 4 is 0 Å². The SMILES string of the molecule is CCCc1ccccc1-c1ccc(CNC)o1. The fraction of sp³-hybridized carbons (Fsp3) is 0.333. The summed E-state index contributed by atoms with van der Waals surface area (Å²) in [5.74, 6) is 1.95. The third kappa shape index (κ3) is 2.77. The van der Waals surface area contributed by atoms with Crippen molar-refractivity contribution < 1.29 is 4.42 Å². The fourth-order valence-corrected chi connectivity index (χ4v) is 2.04. The van der Waals surface area contributed by atoms with Gasteiger partial charge in [-0.25, -0.2) is 0 Å². The molecule has 2 aromatic rings. The second kappa shape index (κ2) is 5.69. The van der Waals surface area contributed by atoms with Gasteiger partial charge < -0.3 is 9.73 Å². The van der Waals surface area contributed by atoms with Gasteiger partial charge in [-0.1, -0.05) is 37.6 Å². The van der Waals surface area contributed by atoms with E-state index in [2.05, 4.69) is 42.6 Å². The van der Waals surface area contributed by atoms with Crippen molar-refractivity contribution in [1.82, 2.24) is 5.32 Å². The van der Waals surface area contributed by atoms with Gasteiger partial charge in [-0.3, -0.25) is 0 Å². The van der Waals surface area contributed by atoms with Crippen molar-refractivity contribution in [1.29, 1.82) is 0 Å². The summed E-state index contributed by atoms with van der Waals surface area (Å²) in [6.07, 6.45) is 2.25. The van der Waals surface area contributed by atoms with Crippen LogP contribution in [0.1, 0.15) is 24.7 Å². The third-order valence-corrected chi connectivity index (χ3v) is 2.81. The molecule has 1 aromatic heterocycles. The molecule has 2 rings (SSSR count). The zero-order valence-electron chi connectivity index (χ0n) is 10.5. The van der Waals surface area contributed by atoms with Crippen LogP contribution >= 0.6 is 0 Å². The average Bonchev–Trinajstić information content (AvgIpc) is 2.79. The molecule has 0 saturated carbocycles. The molecular weight excluding hydrogens is 210 g/mol. The van der Waals surface area contributed by atoms with Crippen LogP contribution in [-0.2, 0) is 13.0 Å². The van der Waals surface area contributed by atoms with Gasteiger partial charge in [0, 0.05) is 5.56 Å². The highest BCUT2D eigenvalue weighted by molar-refractivity contribution is 5.62. The minimum atomic E-state index is 0.774. The number of aryl methyl sites for hydroxylation is 1. The largest absolute Gasteiger partial charge is 0.460 e. The first kappa shape index (κ1) is 11.9. The van der Waals surface area contributed by atoms with Gasteiger partial charge in [0.25, 0.3) is 0 Å². The van der Waals surface area contributed by atoms with Crippen molar-refractivity contribution in [2.45, 2.75) is 26.3 Å². The van der Waals surface area contributed by atoms with Gasteiger partial charge in [0.2, 0.25) is 0 Å². The standard InChI is InChI=1S/C15H19NO/c1-3-6-12-7-4-5-8-14(12)15-10-9-13(17-15)11-16-2/h4-5,7-10,16H,3,6,11H2,1-2H3. The molecule has 1 N–H and O–H groups in total. The molecule has 0 amide bonds. The number of rotatable bonds is 5. The lowest BCUT2D eigenvalue weighted by Crippen LogP contribution is -2.03. The first-order valence-corrected chi connectivity index (χ1v) is 6.16. The summed E-state index contributed by atoms with van der Waals surface area (Å²) in [4.78, 5) is 0. The molecule has 0 bridgehead atoms. The van der Waals surface area contributed by atoms with Gasteiger partial charge in [0.05, 0.1) is 6.54 Å². The average molecular weight is 229 g/mol. The first-order chi connectivity index (χ1) is 8.35. The molecule has 0 aliphatic rings. The Hall–Kier alpha value is -1.54. The van der Waals surface area contributed by atoms with Gasteiger partial charge in [-0.2, -0.15) is 0 Å². The van der Waals surface area contributed by atoms with Gasteiger partial charge in [-0.15, -0.1) is 0 Å². The molecule has 2 nitrogen and oxygen atoms in total. The number of hydrogen-bond donors (Lipinski definition) is 1. The Bertz CT molecular complexity index is 473. The van der Waals surface area contributed by atoms with Gasteiger partial charge in [-0.05, 0) is 31.2 Å². The van der Waals surface area contributed by atoms with Crippen LogP contribution in [0.4, 0.5) is 0 Å². The summed E-state index contributed by atoms with van der Waals surface area (Å²) in [7, 11) is 1.92. The van der Waals surface area contributed by atoms with E-state index < -0.39 is 0 Å². The van der Waals surface area contributed by atoms with E-state index in [-0.39, 0.29) is 0 Å². The smallest absolute Gasteiger partial charge is 0.134 e. The Morgan fingerprint density at radius 2 is 1.94 bits per heavy atom. The van der Waals surface area contributed by atoms with E-state index in [4.69, 9.17) is 4.42 Å². The normalized spacial score (nSPS) is 10.7. The van der Waals surface area contributed by atoms with E-state index in [1.54, 1.807) is 0 Å². The Labute approximate surface area is 103 Å². The van der Waals surface area contributed by atoms with Crippen molar-refractivity contribution in [2.24, 2.45) is 0 Å². The molecule has 2 heteroatoms. The number of hydrogen-bond acceptors (Lipinski definition) is 2. The van der Waals surface area contributed by atoms with Crippen molar-refractivity contribution in [3.63, 3.8) is 0 Å². The second-order valence-corrected chi connectivity index (χ2v) is 4.20. The molecule has 0 saturated heterocycles. The first-order valence-electron chi connectivity index (χ1n) is 6.16. The minimum Gasteiger partial charge on any atom is -0.460 e. The second-order valence-electron chi connectivity index (χ2n) is 4.20. The highest BCUT2D eigenvalue weighted by atomic mass is 16.3. The van der Waals surface area contributed by atoms with Gasteiger partial charge in [0.1, 0.15) is 11.5 Å². The molecule has 0 unspecified atom stereocenters. The maximum Gasteiger partial charge on any atom is 0.134 e. The summed E-state index contributed by atoms with van der Waals surface area (Å²) in [5, 5.41) is 3.09. The number of furan rings is 1. The fourth-order valence-electron chi connectivity index (χ4n) is 2.04. The van der Waals surface area contributed by atoms with Crippen LogP contribution < -0.4 is 5.32 Å². The molecule has 17 heavy (non-hydrogen) atoms. The topological polar surface area (TPSA) is 25.2 Å². The Balaban J connectivity index is 2.31. The Morgan fingerprint density at radius 3 is 2.71 bits per heavy atom. The van der Waals surface area contributed by atoms with Crippen molar-refractivity contribution in [2.75, 3.05) is 7.05 Å². The summed E-state index contributed by atoms with van der Waals surface area (Å²) >= 11 is 0. The molecule has 1 aromatic carbocycles. The van der Waals surface area contributed by atoms with Crippen LogP contribution in [0.2, 0.25) is 0 Å². The molecule has 0 aliphatic heterocycles. The maximum atomic E-state index is 5.83. The summed E-state index contributed by atoms with van der Waals surface area (Å²) < 4.78 is 5.83. The minimum absolute atomic E-state index is 0.774. The Kier molecular flexibility index (Phi) is 3.99. The molecule has 0 fully saturated rings. The number of benzene rings is 1. The molecule has 0 aliphatic carbocycles. The van der Waals surface area contributed by atoms with E-state index >= 15 is 0 Å². The third-order valence-electron chi connectivity index (χ3n) is 2.81. The summed E-state index contributed by atoms with van der Waals surface area (Å²) in [6, 6.07) is 12.6. The zero-order chi connectivity index (χ0) is 12.1. The summed E-state index contributed by atoms with van der Waals surface area (Å²) in [5.41, 5.74) is 2.58. The monoisotopic (exact) mass is 229 g/mol. The van der Waals surface area contributed by atoms with Gasteiger partial charge in [0.15, 0.2) is 0 Å². The highest BCUT2D eigenvalue weighted by Gasteiger charge is 2.08. The van der Waals surface area contributed by atoms with Crippen molar-refractivity contribution in [3.8, 4) is 11.3 Å². The lowest BCUT2D eigenvalue weighted by Gasteiger charge is -2.05. The van der Waals surface area contributed by atoms with E-state index in [0.717, 1.165) is 30.9 Å². The van der Waals surface area contributed by atoms with E-state index in [9.17, 15) is 0 Å². The molecule has 90 valence electrons. The summed E-state index contributed by atoms with van der Waals surface area (Å²) in [6.45, 7) is 2.97. The van der Waals surface area contributed by atoms with Crippen LogP contribution in [0.3, 0.4) is 0 Å². The molecule has 0 atom stereocenters. The van der Waals surface area contributed by atoms with Crippen LogP contribution in [0.15, 0.2) is 40.8 Å². The molecule has 0 radical (unpaired) electrons. The quantitative estimate of drug-likeness (QED) is 0.847. The van der Waals surface area contributed by atoms with E-state index in [1.165, 1.54) is 11.1 Å². The van der Waals surface area contributed by atoms with Crippen LogP contribution in [0.5, 0.6) is 0 Å². The van der Waals surface area contributed by atoms with Crippen LogP contribution in [-0.4, -0.2) is 7.05 Å². The number of nitrogens with one attached hydrogen (secondary N) is 1. The van der Waals surface area contributed by atoms with E-state index in [0.29, 0.717) is 0 Å². The van der Waals surface area contributed by atoms with Crippen LogP contribution in [0.25, 0.3) is 11.3 Å². The molecule has 1 heterocycles. The Morgan fingerprint density at radius 1 is 1.12 bits per heavy atom. The lowest BCUT2D eigenvalue weighted by molar-refractivity contribution is 0.506. The van der Waals surface area contributed by atoms with Crippen molar-refractivity contribution in [3.05, 3.63) is 47.7 Å². The predicted octanol–water partition coefficient (Wildman–Crippen LogP) is 3.62. The molecule has 0 spiro atoms. The maximum absolute atomic E-state index is 5.83. The molecular formula is C15H19NO. The lowest BCUT2D eigenvalue weighted by atomic mass is 10.0. The highest BCUT2D eigenvalue weighted by Crippen LogP contribution is 2.26. The zero-order valence-corrected chi connectivity index (χ0v) is 10.5.